The summed E-state index contributed by atoms with van der Waals surface area (Å²) >= 11 is 1.69. The lowest BCUT2D eigenvalue weighted by Crippen LogP contribution is -2.30. The van der Waals surface area contributed by atoms with Crippen LogP contribution in [-0.2, 0) is 0 Å². The number of para-hydroxylation sites is 1. The van der Waals surface area contributed by atoms with Crippen molar-refractivity contribution in [3.05, 3.63) is 59.2 Å². The monoisotopic (exact) mass is 377 g/mol. The van der Waals surface area contributed by atoms with E-state index in [0.29, 0.717) is 5.69 Å². The molecule has 0 aliphatic carbocycles. The van der Waals surface area contributed by atoms with Crippen molar-refractivity contribution in [2.24, 2.45) is 0 Å². The third-order valence-corrected chi connectivity index (χ3v) is 6.31. The van der Waals surface area contributed by atoms with Crippen LogP contribution in [0.4, 0.5) is 0 Å². The quantitative estimate of drug-likeness (QED) is 0.560. The van der Waals surface area contributed by atoms with E-state index >= 15 is 0 Å². The Bertz CT molecular complexity index is 1110. The lowest BCUT2D eigenvalue weighted by molar-refractivity contribution is 0.0730. The number of methoxy groups -OCH3 is 1. The largest absolute Gasteiger partial charge is 0.497 e. The number of aromatic nitrogens is 2. The van der Waals surface area contributed by atoms with Crippen molar-refractivity contribution < 1.29 is 9.53 Å². The van der Waals surface area contributed by atoms with E-state index in [-0.39, 0.29) is 11.9 Å². The van der Waals surface area contributed by atoms with Gasteiger partial charge < -0.3 is 14.6 Å². The van der Waals surface area contributed by atoms with Gasteiger partial charge in [0.2, 0.25) is 0 Å². The molecule has 5 rings (SSSR count). The van der Waals surface area contributed by atoms with Gasteiger partial charge >= 0.3 is 0 Å². The van der Waals surface area contributed by atoms with Crippen molar-refractivity contribution >= 4 is 38.4 Å². The van der Waals surface area contributed by atoms with Crippen molar-refractivity contribution in [2.45, 2.75) is 18.9 Å². The fraction of sp³-hybridized carbons (Fsp3) is 0.238. The van der Waals surface area contributed by atoms with Crippen molar-refractivity contribution in [2.75, 3.05) is 13.7 Å². The lowest BCUT2D eigenvalue weighted by atomic mass is 10.2. The molecular formula is C21H19N3O2S. The number of ether oxygens (including phenoxy) is 1. The predicted octanol–water partition coefficient (Wildman–Crippen LogP) is 4.76. The van der Waals surface area contributed by atoms with Crippen molar-refractivity contribution in [1.29, 1.82) is 0 Å². The summed E-state index contributed by atoms with van der Waals surface area (Å²) < 4.78 is 6.44. The first-order chi connectivity index (χ1) is 13.2. The number of hydrogen-bond donors (Lipinski definition) is 1. The molecule has 1 amide bonds. The van der Waals surface area contributed by atoms with Gasteiger partial charge in [-0.25, -0.2) is 4.98 Å². The number of likely N-dealkylation sites (tertiary alicyclic amines) is 1. The number of carbonyl (C=O) groups is 1. The normalized spacial score (nSPS) is 17.1. The number of aromatic amines is 1. The molecule has 2 aromatic carbocycles. The van der Waals surface area contributed by atoms with E-state index in [4.69, 9.17) is 9.72 Å². The van der Waals surface area contributed by atoms with Crippen LogP contribution in [0.2, 0.25) is 0 Å². The summed E-state index contributed by atoms with van der Waals surface area (Å²) in [6, 6.07) is 15.9. The topological polar surface area (TPSA) is 58.2 Å². The molecule has 4 aromatic rings. The molecule has 1 fully saturated rings. The molecule has 27 heavy (non-hydrogen) atoms. The minimum atomic E-state index is 0.0342. The number of carbonyl (C=O) groups excluding carboxylic acids is 1. The number of fused-ring (bicyclic) bond motifs is 2. The number of rotatable bonds is 3. The van der Waals surface area contributed by atoms with Crippen LogP contribution in [0, 0.1) is 0 Å². The second-order valence-electron chi connectivity index (χ2n) is 6.81. The number of thiazole rings is 1. The zero-order valence-corrected chi connectivity index (χ0v) is 15.8. The summed E-state index contributed by atoms with van der Waals surface area (Å²) in [5.74, 6) is 0.809. The van der Waals surface area contributed by atoms with Crippen LogP contribution in [0.15, 0.2) is 48.5 Å². The number of benzene rings is 2. The third-order valence-electron chi connectivity index (χ3n) is 5.17. The zero-order valence-electron chi connectivity index (χ0n) is 14.9. The highest BCUT2D eigenvalue weighted by Crippen LogP contribution is 2.37. The summed E-state index contributed by atoms with van der Waals surface area (Å²) in [4.78, 5) is 23.2. The molecule has 1 aliphatic heterocycles. The number of amides is 1. The van der Waals surface area contributed by atoms with E-state index in [1.54, 1.807) is 18.4 Å². The van der Waals surface area contributed by atoms with Crippen molar-refractivity contribution in [1.82, 2.24) is 14.9 Å². The predicted molar refractivity (Wildman–Crippen MR) is 107 cm³/mol. The molecule has 6 heteroatoms. The summed E-state index contributed by atoms with van der Waals surface area (Å²) in [7, 11) is 1.64. The van der Waals surface area contributed by atoms with E-state index in [1.807, 2.05) is 47.4 Å². The van der Waals surface area contributed by atoms with Gasteiger partial charge in [-0.15, -0.1) is 11.3 Å². The first-order valence-corrected chi connectivity index (χ1v) is 9.88. The van der Waals surface area contributed by atoms with Gasteiger partial charge in [-0.05, 0) is 43.2 Å². The molecule has 0 spiro atoms. The van der Waals surface area contributed by atoms with E-state index in [0.717, 1.165) is 46.6 Å². The van der Waals surface area contributed by atoms with Crippen molar-refractivity contribution in [3.8, 4) is 5.75 Å². The SMILES string of the molecule is COc1ccc2cc(C(=O)N3CCCC3c3nc4ccccc4s3)[nH]c2c1. The maximum Gasteiger partial charge on any atom is 0.270 e. The molecule has 1 saturated heterocycles. The molecule has 0 bridgehead atoms. The van der Waals surface area contributed by atoms with Crippen LogP contribution in [0.3, 0.4) is 0 Å². The molecule has 1 unspecified atom stereocenters. The van der Waals surface area contributed by atoms with Crippen molar-refractivity contribution in [3.63, 3.8) is 0 Å². The van der Waals surface area contributed by atoms with Gasteiger partial charge in [0, 0.05) is 23.5 Å². The molecule has 1 aliphatic rings. The van der Waals surface area contributed by atoms with Gasteiger partial charge in [-0.2, -0.15) is 0 Å². The minimum absolute atomic E-state index is 0.0342. The van der Waals surface area contributed by atoms with Crippen LogP contribution < -0.4 is 4.74 Å². The fourth-order valence-corrected chi connectivity index (χ4v) is 4.92. The van der Waals surface area contributed by atoms with E-state index in [1.165, 1.54) is 4.70 Å². The van der Waals surface area contributed by atoms with Gasteiger partial charge in [-0.3, -0.25) is 4.79 Å². The summed E-state index contributed by atoms with van der Waals surface area (Å²) in [5.41, 5.74) is 2.54. The summed E-state index contributed by atoms with van der Waals surface area (Å²) in [6.45, 7) is 0.762. The Morgan fingerprint density at radius 2 is 2.15 bits per heavy atom. The number of nitrogens with zero attached hydrogens (tertiary/aromatic N) is 2. The Balaban J connectivity index is 1.48. The van der Waals surface area contributed by atoms with E-state index in [9.17, 15) is 4.79 Å². The number of nitrogens with one attached hydrogen (secondary N) is 1. The Morgan fingerprint density at radius 3 is 3.00 bits per heavy atom. The van der Waals surface area contributed by atoms with E-state index < -0.39 is 0 Å². The van der Waals surface area contributed by atoms with Gasteiger partial charge in [0.1, 0.15) is 16.5 Å². The van der Waals surface area contributed by atoms with Crippen LogP contribution in [0.5, 0.6) is 5.75 Å². The van der Waals surface area contributed by atoms with Crippen LogP contribution >= 0.6 is 11.3 Å². The maximum atomic E-state index is 13.2. The second kappa shape index (κ2) is 6.39. The smallest absolute Gasteiger partial charge is 0.270 e. The number of H-pyrrole nitrogens is 1. The Hall–Kier alpha value is -2.86. The van der Waals surface area contributed by atoms with Gasteiger partial charge in [-0.1, -0.05) is 12.1 Å². The highest BCUT2D eigenvalue weighted by atomic mass is 32.1. The summed E-state index contributed by atoms with van der Waals surface area (Å²) in [6.07, 6.45) is 1.96. The maximum absolute atomic E-state index is 13.2. The van der Waals surface area contributed by atoms with Gasteiger partial charge in [0.15, 0.2) is 0 Å². The average molecular weight is 377 g/mol. The molecule has 0 saturated carbocycles. The van der Waals surface area contributed by atoms with Crippen LogP contribution in [-0.4, -0.2) is 34.4 Å². The lowest BCUT2D eigenvalue weighted by Gasteiger charge is -2.22. The zero-order chi connectivity index (χ0) is 18.4. The Labute approximate surface area is 160 Å². The minimum Gasteiger partial charge on any atom is -0.497 e. The molecule has 5 nitrogen and oxygen atoms in total. The number of hydrogen-bond acceptors (Lipinski definition) is 4. The third kappa shape index (κ3) is 2.77. The molecule has 3 heterocycles. The molecule has 1 N–H and O–H groups in total. The summed E-state index contributed by atoms with van der Waals surface area (Å²) in [5, 5.41) is 2.04. The fourth-order valence-electron chi connectivity index (χ4n) is 3.80. The van der Waals surface area contributed by atoms with Crippen LogP contribution in [0.1, 0.15) is 34.4 Å². The second-order valence-corrected chi connectivity index (χ2v) is 7.87. The average Bonchev–Trinajstić information content (AvgIpc) is 3.43. The molecular weight excluding hydrogens is 358 g/mol. The Kier molecular flexibility index (Phi) is 3.86. The molecule has 1 atom stereocenters. The highest BCUT2D eigenvalue weighted by molar-refractivity contribution is 7.18. The van der Waals surface area contributed by atoms with Crippen LogP contribution in [0.25, 0.3) is 21.1 Å². The Morgan fingerprint density at radius 1 is 1.26 bits per heavy atom. The highest BCUT2D eigenvalue weighted by Gasteiger charge is 2.33. The van der Waals surface area contributed by atoms with E-state index in [2.05, 4.69) is 11.1 Å². The van der Waals surface area contributed by atoms with Gasteiger partial charge in [0.05, 0.1) is 23.4 Å². The molecule has 0 radical (unpaired) electrons. The first kappa shape index (κ1) is 16.3. The molecule has 136 valence electrons. The first-order valence-electron chi connectivity index (χ1n) is 9.06. The van der Waals surface area contributed by atoms with Gasteiger partial charge in [0.25, 0.3) is 5.91 Å². The standard InChI is InChI=1S/C21H19N3O2S/c1-26-14-9-8-13-11-17(22-16(13)12-14)21(25)24-10-4-6-18(24)20-23-15-5-2-3-7-19(15)27-20/h2-3,5,7-9,11-12,18,22H,4,6,10H2,1H3. The molecule has 2 aromatic heterocycles.